The fraction of sp³-hybridized carbons (Fsp3) is 0.214. The zero-order valence-corrected chi connectivity index (χ0v) is 12.9. The average Bonchev–Trinajstić information content (AvgIpc) is 2.91. The molecule has 0 unspecified atom stereocenters. The van der Waals surface area contributed by atoms with E-state index in [1.54, 1.807) is 44.6 Å². The minimum absolute atomic E-state index is 0.00463. The van der Waals surface area contributed by atoms with Crippen LogP contribution in [0.15, 0.2) is 47.5 Å². The van der Waals surface area contributed by atoms with Crippen LogP contribution in [0.3, 0.4) is 0 Å². The lowest BCUT2D eigenvalue weighted by molar-refractivity contribution is 0.0822. The number of nitrogens with zero attached hydrogens (tertiary/aromatic N) is 1. The lowest BCUT2D eigenvalue weighted by Gasteiger charge is -2.07. The molecule has 1 amide bonds. The van der Waals surface area contributed by atoms with Gasteiger partial charge in [0.15, 0.2) is 0 Å². The van der Waals surface area contributed by atoms with Crippen molar-refractivity contribution in [3.05, 3.63) is 53.9 Å². The smallest absolute Gasteiger partial charge is 0.294 e. The SMILES string of the molecule is CN(C)C(=O)c1ccc[nH]1.Cc1ccc(S(=O)(=O)O)cc1. The molecule has 0 bridgehead atoms. The number of amides is 1. The minimum Gasteiger partial charge on any atom is -0.357 e. The van der Waals surface area contributed by atoms with Gasteiger partial charge in [-0.1, -0.05) is 17.7 Å². The first-order valence-electron chi connectivity index (χ1n) is 6.11. The van der Waals surface area contributed by atoms with Crippen molar-refractivity contribution in [2.75, 3.05) is 14.1 Å². The van der Waals surface area contributed by atoms with Gasteiger partial charge in [0.2, 0.25) is 0 Å². The van der Waals surface area contributed by atoms with Crippen LogP contribution in [0.4, 0.5) is 0 Å². The molecule has 114 valence electrons. The van der Waals surface area contributed by atoms with Crippen LogP contribution in [-0.2, 0) is 10.1 Å². The van der Waals surface area contributed by atoms with Crippen LogP contribution >= 0.6 is 0 Å². The van der Waals surface area contributed by atoms with Crippen molar-refractivity contribution in [3.8, 4) is 0 Å². The number of aromatic amines is 1. The quantitative estimate of drug-likeness (QED) is 0.830. The second-order valence-corrected chi connectivity index (χ2v) is 5.99. The molecule has 0 saturated heterocycles. The third kappa shape index (κ3) is 5.41. The van der Waals surface area contributed by atoms with Gasteiger partial charge in [-0.25, -0.2) is 0 Å². The highest BCUT2D eigenvalue weighted by Gasteiger charge is 2.07. The molecule has 1 aromatic heterocycles. The van der Waals surface area contributed by atoms with E-state index in [0.29, 0.717) is 5.69 Å². The Kier molecular flexibility index (Phi) is 5.69. The summed E-state index contributed by atoms with van der Waals surface area (Å²) < 4.78 is 29.6. The van der Waals surface area contributed by atoms with E-state index in [9.17, 15) is 13.2 Å². The summed E-state index contributed by atoms with van der Waals surface area (Å²) in [4.78, 5) is 15.4. The van der Waals surface area contributed by atoms with Gasteiger partial charge in [-0.15, -0.1) is 0 Å². The second-order valence-electron chi connectivity index (χ2n) is 4.57. The molecule has 6 nitrogen and oxygen atoms in total. The highest BCUT2D eigenvalue weighted by Crippen LogP contribution is 2.08. The first-order valence-corrected chi connectivity index (χ1v) is 7.55. The predicted octanol–water partition coefficient (Wildman–Crippen LogP) is 1.96. The van der Waals surface area contributed by atoms with Gasteiger partial charge in [0.05, 0.1) is 4.90 Å². The Balaban J connectivity index is 0.000000211. The van der Waals surface area contributed by atoms with Crippen LogP contribution in [0.25, 0.3) is 0 Å². The van der Waals surface area contributed by atoms with Crippen molar-refractivity contribution in [2.24, 2.45) is 0 Å². The third-order valence-electron chi connectivity index (χ3n) is 2.55. The van der Waals surface area contributed by atoms with Gasteiger partial charge in [0, 0.05) is 20.3 Å². The van der Waals surface area contributed by atoms with Crippen molar-refractivity contribution >= 4 is 16.0 Å². The molecule has 2 rings (SSSR count). The molecular formula is C14H18N2O4S. The van der Waals surface area contributed by atoms with Crippen LogP contribution in [0, 0.1) is 6.92 Å². The lowest BCUT2D eigenvalue weighted by Crippen LogP contribution is -2.21. The number of hydrogen-bond donors (Lipinski definition) is 2. The molecule has 7 heteroatoms. The molecule has 2 aromatic rings. The number of rotatable bonds is 2. The maximum absolute atomic E-state index is 11.1. The van der Waals surface area contributed by atoms with Crippen molar-refractivity contribution in [3.63, 3.8) is 0 Å². The average molecular weight is 310 g/mol. The van der Waals surface area contributed by atoms with Crippen molar-refractivity contribution in [1.29, 1.82) is 0 Å². The zero-order chi connectivity index (χ0) is 16.0. The molecule has 0 aliphatic rings. The molecular weight excluding hydrogens is 292 g/mol. The van der Waals surface area contributed by atoms with Crippen LogP contribution in [-0.4, -0.2) is 42.9 Å². The molecule has 2 N–H and O–H groups in total. The predicted molar refractivity (Wildman–Crippen MR) is 79.8 cm³/mol. The van der Waals surface area contributed by atoms with E-state index in [1.165, 1.54) is 17.0 Å². The summed E-state index contributed by atoms with van der Waals surface area (Å²) in [7, 11) is -0.569. The fourth-order valence-corrected chi connectivity index (χ4v) is 1.89. The highest BCUT2D eigenvalue weighted by atomic mass is 32.2. The monoisotopic (exact) mass is 310 g/mol. The second kappa shape index (κ2) is 7.05. The van der Waals surface area contributed by atoms with E-state index in [0.717, 1.165) is 5.56 Å². The fourth-order valence-electron chi connectivity index (χ4n) is 1.41. The molecule has 0 radical (unpaired) electrons. The highest BCUT2D eigenvalue weighted by molar-refractivity contribution is 7.85. The van der Waals surface area contributed by atoms with Crippen LogP contribution in [0.2, 0.25) is 0 Å². The van der Waals surface area contributed by atoms with Crippen molar-refractivity contribution < 1.29 is 17.8 Å². The van der Waals surface area contributed by atoms with Gasteiger partial charge < -0.3 is 9.88 Å². The first-order chi connectivity index (χ1) is 9.71. The Labute approximate surface area is 124 Å². The van der Waals surface area contributed by atoms with Crippen molar-refractivity contribution in [1.82, 2.24) is 9.88 Å². The Morgan fingerprint density at radius 2 is 1.71 bits per heavy atom. The maximum atomic E-state index is 11.1. The van der Waals surface area contributed by atoms with E-state index in [-0.39, 0.29) is 10.8 Å². The maximum Gasteiger partial charge on any atom is 0.294 e. The largest absolute Gasteiger partial charge is 0.357 e. The van der Waals surface area contributed by atoms with Gasteiger partial charge in [-0.05, 0) is 31.2 Å². The van der Waals surface area contributed by atoms with Crippen LogP contribution < -0.4 is 0 Å². The number of aromatic nitrogens is 1. The summed E-state index contributed by atoms with van der Waals surface area (Å²) in [6.45, 7) is 1.84. The number of aryl methyl sites for hydroxylation is 1. The summed E-state index contributed by atoms with van der Waals surface area (Å²) in [5.74, 6) is 0.00463. The van der Waals surface area contributed by atoms with Gasteiger partial charge in [-0.2, -0.15) is 8.42 Å². The Bertz CT molecular complexity index is 674. The number of hydrogen-bond acceptors (Lipinski definition) is 3. The van der Waals surface area contributed by atoms with Crippen LogP contribution in [0.1, 0.15) is 16.1 Å². The van der Waals surface area contributed by atoms with Gasteiger partial charge in [0.1, 0.15) is 5.69 Å². The zero-order valence-electron chi connectivity index (χ0n) is 12.1. The number of carbonyl (C=O) groups excluding carboxylic acids is 1. The molecule has 0 spiro atoms. The number of nitrogens with one attached hydrogen (secondary N) is 1. The molecule has 0 fully saturated rings. The summed E-state index contributed by atoms with van der Waals surface area (Å²) in [6, 6.07) is 9.54. The first kappa shape index (κ1) is 16.9. The number of benzene rings is 1. The van der Waals surface area contributed by atoms with E-state index < -0.39 is 10.1 Å². The molecule has 0 saturated carbocycles. The summed E-state index contributed by atoms with van der Waals surface area (Å²) in [5, 5.41) is 0. The summed E-state index contributed by atoms with van der Waals surface area (Å²) >= 11 is 0. The standard InChI is InChI=1S/C7H10N2O.C7H8O3S/c1-9(2)7(10)6-4-3-5-8-6;1-6-2-4-7(5-3-6)11(8,9)10/h3-5,8H,1-2H3;2-5H,1H3,(H,8,9,10). The Morgan fingerprint density at radius 1 is 1.14 bits per heavy atom. The molecule has 1 aromatic carbocycles. The van der Waals surface area contributed by atoms with E-state index in [4.69, 9.17) is 4.55 Å². The van der Waals surface area contributed by atoms with E-state index >= 15 is 0 Å². The third-order valence-corrected chi connectivity index (χ3v) is 3.42. The molecule has 21 heavy (non-hydrogen) atoms. The van der Waals surface area contributed by atoms with Gasteiger partial charge in [-0.3, -0.25) is 9.35 Å². The van der Waals surface area contributed by atoms with Gasteiger partial charge in [0.25, 0.3) is 16.0 Å². The number of H-pyrrole nitrogens is 1. The summed E-state index contributed by atoms with van der Waals surface area (Å²) in [6.07, 6.45) is 1.73. The summed E-state index contributed by atoms with van der Waals surface area (Å²) in [5.41, 5.74) is 1.59. The van der Waals surface area contributed by atoms with Gasteiger partial charge >= 0.3 is 0 Å². The van der Waals surface area contributed by atoms with E-state index in [1.807, 2.05) is 6.92 Å². The van der Waals surface area contributed by atoms with Crippen LogP contribution in [0.5, 0.6) is 0 Å². The minimum atomic E-state index is -4.02. The Hall–Kier alpha value is -2.12. The van der Waals surface area contributed by atoms with E-state index in [2.05, 4.69) is 4.98 Å². The Morgan fingerprint density at radius 3 is 2.10 bits per heavy atom. The lowest BCUT2D eigenvalue weighted by atomic mass is 10.2. The van der Waals surface area contributed by atoms with Crippen molar-refractivity contribution in [2.45, 2.75) is 11.8 Å². The molecule has 1 heterocycles. The number of carbonyl (C=O) groups is 1. The molecule has 0 atom stereocenters. The molecule has 0 aliphatic heterocycles. The molecule has 0 aliphatic carbocycles. The normalized spacial score (nSPS) is 10.5. The topological polar surface area (TPSA) is 90.5 Å².